The van der Waals surface area contributed by atoms with Crippen LogP contribution in [-0.2, 0) is 6.61 Å². The number of ether oxygens (including phenoxy) is 1. The highest BCUT2D eigenvalue weighted by Crippen LogP contribution is 2.28. The zero-order chi connectivity index (χ0) is 14.7. The zero-order valence-corrected chi connectivity index (χ0v) is 11.7. The minimum absolute atomic E-state index is 0.0973. The van der Waals surface area contributed by atoms with E-state index in [1.165, 1.54) is 12.1 Å². The fourth-order valence-electron chi connectivity index (χ4n) is 1.63. The highest BCUT2D eigenvalue weighted by Gasteiger charge is 2.17. The van der Waals surface area contributed by atoms with Gasteiger partial charge in [0.1, 0.15) is 18.2 Å². The summed E-state index contributed by atoms with van der Waals surface area (Å²) in [6.07, 6.45) is 0. The monoisotopic (exact) mass is 314 g/mol. The van der Waals surface area contributed by atoms with Gasteiger partial charge < -0.3 is 14.8 Å². The first-order valence-corrected chi connectivity index (χ1v) is 6.45. The van der Waals surface area contributed by atoms with E-state index >= 15 is 0 Å². The molecule has 7 heteroatoms. The molecular weight excluding hydrogens is 305 g/mol. The van der Waals surface area contributed by atoms with Crippen molar-refractivity contribution in [3.8, 4) is 5.75 Å². The van der Waals surface area contributed by atoms with Crippen molar-refractivity contribution in [1.82, 2.24) is 0 Å². The second-order valence-electron chi connectivity index (χ2n) is 4.09. The molecule has 0 aliphatic heterocycles. The van der Waals surface area contributed by atoms with Crippen LogP contribution in [-0.4, -0.2) is 17.2 Å². The van der Waals surface area contributed by atoms with Crippen LogP contribution in [0, 0.1) is 5.82 Å². The van der Waals surface area contributed by atoms with Gasteiger partial charge in [0.25, 0.3) is 0 Å². The molecule has 0 bridgehead atoms. The second-order valence-corrected chi connectivity index (χ2v) is 4.94. The normalized spacial score (nSPS) is 10.4. The Hall–Kier alpha value is -1.27. The van der Waals surface area contributed by atoms with Crippen molar-refractivity contribution in [2.75, 3.05) is 0 Å². The van der Waals surface area contributed by atoms with E-state index in [9.17, 15) is 4.39 Å². The van der Waals surface area contributed by atoms with Crippen molar-refractivity contribution in [2.24, 2.45) is 0 Å². The Kier molecular flexibility index (Phi) is 4.88. The first-order chi connectivity index (χ1) is 9.47. The summed E-state index contributed by atoms with van der Waals surface area (Å²) in [5.74, 6) is -0.292. The summed E-state index contributed by atoms with van der Waals surface area (Å²) in [5, 5.41) is 18.9. The maximum absolute atomic E-state index is 13.3. The first kappa shape index (κ1) is 15.1. The van der Waals surface area contributed by atoms with E-state index in [2.05, 4.69) is 0 Å². The number of hydrogen-bond acceptors (Lipinski definition) is 3. The largest absolute Gasteiger partial charge is 0.491 e. The Morgan fingerprint density at radius 1 is 1.10 bits per heavy atom. The van der Waals surface area contributed by atoms with E-state index in [1.807, 2.05) is 0 Å². The molecule has 3 nitrogen and oxygen atoms in total. The topological polar surface area (TPSA) is 49.7 Å². The van der Waals surface area contributed by atoms with Crippen LogP contribution in [0.5, 0.6) is 5.75 Å². The molecule has 0 spiro atoms. The van der Waals surface area contributed by atoms with Crippen LogP contribution in [0.4, 0.5) is 4.39 Å². The Morgan fingerprint density at radius 2 is 1.85 bits per heavy atom. The van der Waals surface area contributed by atoms with Gasteiger partial charge in [-0.3, -0.25) is 0 Å². The van der Waals surface area contributed by atoms with E-state index in [0.29, 0.717) is 21.4 Å². The summed E-state index contributed by atoms with van der Waals surface area (Å²) in [6.45, 7) is 0.0973. The fraction of sp³-hybridized carbons (Fsp3) is 0.0769. The average molecular weight is 315 g/mol. The third-order valence-electron chi connectivity index (χ3n) is 2.63. The van der Waals surface area contributed by atoms with Gasteiger partial charge in [-0.2, -0.15) is 0 Å². The highest BCUT2D eigenvalue weighted by molar-refractivity contribution is 6.58. The predicted molar refractivity (Wildman–Crippen MR) is 77.0 cm³/mol. The standard InChI is InChI=1S/C13H10BCl2FO3/c15-9-2-3-11(16)13(6-9)20-7-8-1-4-12(17)10(5-8)14(18)19/h1-6,18-19H,7H2. The van der Waals surface area contributed by atoms with Crippen LogP contribution in [0.3, 0.4) is 0 Å². The van der Waals surface area contributed by atoms with Crippen LogP contribution in [0.15, 0.2) is 36.4 Å². The number of benzene rings is 2. The minimum atomic E-state index is -1.87. The van der Waals surface area contributed by atoms with Crippen molar-refractivity contribution < 1.29 is 19.2 Å². The molecule has 0 radical (unpaired) electrons. The summed E-state index contributed by atoms with van der Waals surface area (Å²) < 4.78 is 18.8. The molecule has 20 heavy (non-hydrogen) atoms. The van der Waals surface area contributed by atoms with Gasteiger partial charge in [0.15, 0.2) is 0 Å². The third-order valence-corrected chi connectivity index (χ3v) is 3.17. The van der Waals surface area contributed by atoms with Crippen molar-refractivity contribution in [3.05, 3.63) is 57.8 Å². The molecule has 0 fully saturated rings. The van der Waals surface area contributed by atoms with Crippen molar-refractivity contribution >= 4 is 35.8 Å². The summed E-state index contributed by atoms with van der Waals surface area (Å²) in [5.41, 5.74) is 0.369. The van der Waals surface area contributed by atoms with Crippen LogP contribution >= 0.6 is 23.2 Å². The molecule has 0 heterocycles. The molecule has 0 amide bonds. The lowest BCUT2D eigenvalue weighted by atomic mass is 9.79. The summed E-state index contributed by atoms with van der Waals surface area (Å²) in [6, 6.07) is 8.75. The predicted octanol–water partition coefficient (Wildman–Crippen LogP) is 2.39. The van der Waals surface area contributed by atoms with Gasteiger partial charge in [-0.15, -0.1) is 0 Å². The molecule has 0 saturated heterocycles. The maximum Gasteiger partial charge on any atom is 0.491 e. The van der Waals surface area contributed by atoms with Crippen molar-refractivity contribution in [2.45, 2.75) is 6.61 Å². The molecule has 0 aliphatic carbocycles. The summed E-state index contributed by atoms with van der Waals surface area (Å²) in [4.78, 5) is 0. The Morgan fingerprint density at radius 3 is 2.55 bits per heavy atom. The van der Waals surface area contributed by atoms with Crippen LogP contribution in [0.1, 0.15) is 5.56 Å². The van der Waals surface area contributed by atoms with Crippen LogP contribution < -0.4 is 10.2 Å². The Bertz CT molecular complexity index is 623. The quantitative estimate of drug-likeness (QED) is 0.852. The van der Waals surface area contributed by atoms with Gasteiger partial charge >= 0.3 is 7.12 Å². The first-order valence-electron chi connectivity index (χ1n) is 5.69. The minimum Gasteiger partial charge on any atom is -0.487 e. The molecule has 0 aromatic heterocycles. The van der Waals surface area contributed by atoms with E-state index in [0.717, 1.165) is 6.07 Å². The Labute approximate surface area is 125 Å². The summed E-state index contributed by atoms with van der Waals surface area (Å²) in [7, 11) is -1.87. The second kappa shape index (κ2) is 6.46. The highest BCUT2D eigenvalue weighted by atomic mass is 35.5. The average Bonchev–Trinajstić information content (AvgIpc) is 2.41. The van der Waals surface area contributed by atoms with Crippen LogP contribution in [0.2, 0.25) is 10.0 Å². The molecule has 2 aromatic carbocycles. The molecule has 2 rings (SSSR count). The van der Waals surface area contributed by atoms with Gasteiger partial charge in [-0.1, -0.05) is 35.3 Å². The molecule has 2 aromatic rings. The van der Waals surface area contributed by atoms with Crippen molar-refractivity contribution in [3.63, 3.8) is 0 Å². The maximum atomic E-state index is 13.3. The van der Waals surface area contributed by atoms with E-state index in [1.54, 1.807) is 18.2 Å². The fourth-order valence-corrected chi connectivity index (χ4v) is 1.96. The van der Waals surface area contributed by atoms with Gasteiger partial charge in [0.2, 0.25) is 0 Å². The molecule has 0 saturated carbocycles. The lowest BCUT2D eigenvalue weighted by molar-refractivity contribution is 0.306. The molecule has 0 atom stereocenters. The molecule has 104 valence electrons. The van der Waals surface area contributed by atoms with Gasteiger partial charge in [0.05, 0.1) is 5.02 Å². The van der Waals surface area contributed by atoms with Crippen molar-refractivity contribution in [1.29, 1.82) is 0 Å². The third kappa shape index (κ3) is 3.64. The van der Waals surface area contributed by atoms with E-state index in [4.69, 9.17) is 38.0 Å². The van der Waals surface area contributed by atoms with Gasteiger partial charge in [0, 0.05) is 16.6 Å². The smallest absolute Gasteiger partial charge is 0.487 e. The lowest BCUT2D eigenvalue weighted by Gasteiger charge is -2.10. The Balaban J connectivity index is 2.15. The number of hydrogen-bond donors (Lipinski definition) is 2. The SMILES string of the molecule is OB(O)c1cc(COc2cc(Cl)ccc2Cl)ccc1F. The molecule has 2 N–H and O–H groups in total. The van der Waals surface area contributed by atoms with Gasteiger partial charge in [-0.25, -0.2) is 4.39 Å². The molecule has 0 aliphatic rings. The summed E-state index contributed by atoms with van der Waals surface area (Å²) >= 11 is 11.8. The zero-order valence-electron chi connectivity index (χ0n) is 10.2. The molecular formula is C13H10BCl2FO3. The van der Waals surface area contributed by atoms with Gasteiger partial charge in [-0.05, 0) is 23.8 Å². The van der Waals surface area contributed by atoms with E-state index < -0.39 is 12.9 Å². The lowest BCUT2D eigenvalue weighted by Crippen LogP contribution is -2.33. The number of halogens is 3. The molecule has 0 unspecified atom stereocenters. The van der Waals surface area contributed by atoms with Crippen LogP contribution in [0.25, 0.3) is 0 Å². The number of rotatable bonds is 4. The van der Waals surface area contributed by atoms with E-state index in [-0.39, 0.29) is 12.1 Å².